The standard InChI is InChI=1S/C13H14FN3O2S/c1-8-4-9(14)6-11(5-8)17-10-2-3-13(12(15)7-10)20(16,18)19/h2-7,17H,15H2,1H3,(H2,16,18,19). The lowest BCUT2D eigenvalue weighted by atomic mass is 10.2. The molecule has 2 aromatic carbocycles. The Morgan fingerprint density at radius 2 is 1.80 bits per heavy atom. The fourth-order valence-electron chi connectivity index (χ4n) is 1.86. The predicted octanol–water partition coefficient (Wildman–Crippen LogP) is 2.11. The number of nitrogens with two attached hydrogens (primary N) is 2. The number of sulfonamides is 1. The summed E-state index contributed by atoms with van der Waals surface area (Å²) >= 11 is 0. The van der Waals surface area contributed by atoms with Gasteiger partial charge in [0, 0.05) is 11.4 Å². The molecule has 0 radical (unpaired) electrons. The Labute approximate surface area is 116 Å². The summed E-state index contributed by atoms with van der Waals surface area (Å²) in [7, 11) is -3.85. The van der Waals surface area contributed by atoms with E-state index in [2.05, 4.69) is 5.32 Å². The second kappa shape index (κ2) is 5.10. The van der Waals surface area contributed by atoms with E-state index in [-0.39, 0.29) is 16.4 Å². The first-order chi connectivity index (χ1) is 9.25. The van der Waals surface area contributed by atoms with E-state index in [0.717, 1.165) is 5.56 Å². The summed E-state index contributed by atoms with van der Waals surface area (Å²) in [6, 6.07) is 8.74. The Balaban J connectivity index is 2.33. The molecule has 2 rings (SSSR count). The molecule has 106 valence electrons. The zero-order chi connectivity index (χ0) is 14.9. The lowest BCUT2D eigenvalue weighted by molar-refractivity contribution is 0.598. The number of hydrogen-bond donors (Lipinski definition) is 3. The maximum absolute atomic E-state index is 13.3. The number of hydrogen-bond acceptors (Lipinski definition) is 4. The van der Waals surface area contributed by atoms with E-state index < -0.39 is 10.0 Å². The molecule has 0 aliphatic rings. The van der Waals surface area contributed by atoms with E-state index in [1.807, 2.05) is 0 Å². The molecule has 5 N–H and O–H groups in total. The molecule has 0 spiro atoms. The third-order valence-corrected chi connectivity index (χ3v) is 3.63. The molecule has 0 unspecified atom stereocenters. The Kier molecular flexibility index (Phi) is 3.65. The van der Waals surface area contributed by atoms with Crippen LogP contribution in [0.3, 0.4) is 0 Å². The van der Waals surface area contributed by atoms with Crippen molar-refractivity contribution in [2.45, 2.75) is 11.8 Å². The van der Waals surface area contributed by atoms with Crippen LogP contribution in [0, 0.1) is 12.7 Å². The van der Waals surface area contributed by atoms with Crippen molar-refractivity contribution in [2.75, 3.05) is 11.1 Å². The Morgan fingerprint density at radius 3 is 2.35 bits per heavy atom. The summed E-state index contributed by atoms with van der Waals surface area (Å²) in [5.74, 6) is -0.360. The van der Waals surface area contributed by atoms with Crippen molar-refractivity contribution in [1.29, 1.82) is 0 Å². The first kappa shape index (κ1) is 14.3. The molecule has 0 bridgehead atoms. The number of aryl methyl sites for hydroxylation is 1. The van der Waals surface area contributed by atoms with Gasteiger partial charge in [-0.15, -0.1) is 0 Å². The number of halogens is 1. The van der Waals surface area contributed by atoms with Gasteiger partial charge < -0.3 is 11.1 Å². The SMILES string of the molecule is Cc1cc(F)cc(Nc2ccc(S(N)(=O)=O)c(N)c2)c1. The highest BCUT2D eigenvalue weighted by Crippen LogP contribution is 2.25. The number of nitrogens with one attached hydrogen (secondary N) is 1. The van der Waals surface area contributed by atoms with Crippen LogP contribution in [0.4, 0.5) is 21.5 Å². The van der Waals surface area contributed by atoms with Gasteiger partial charge >= 0.3 is 0 Å². The second-order valence-electron chi connectivity index (χ2n) is 4.44. The first-order valence-corrected chi connectivity index (χ1v) is 7.27. The average molecular weight is 295 g/mol. The van der Waals surface area contributed by atoms with Gasteiger partial charge in [0.25, 0.3) is 0 Å². The number of anilines is 3. The van der Waals surface area contributed by atoms with Crippen LogP contribution in [0.2, 0.25) is 0 Å². The summed E-state index contributed by atoms with van der Waals surface area (Å²) in [4.78, 5) is -0.140. The normalized spacial score (nSPS) is 11.3. The number of nitrogen functional groups attached to an aromatic ring is 1. The van der Waals surface area contributed by atoms with E-state index in [1.165, 1.54) is 30.3 Å². The fraction of sp³-hybridized carbons (Fsp3) is 0.0769. The molecule has 7 heteroatoms. The molecule has 2 aromatic rings. The van der Waals surface area contributed by atoms with Crippen molar-refractivity contribution in [2.24, 2.45) is 5.14 Å². The quantitative estimate of drug-likeness (QED) is 0.755. The highest BCUT2D eigenvalue weighted by atomic mass is 32.2. The summed E-state index contributed by atoms with van der Waals surface area (Å²) in [6.45, 7) is 1.77. The van der Waals surface area contributed by atoms with Gasteiger partial charge in [-0.25, -0.2) is 17.9 Å². The molecule has 0 aliphatic heterocycles. The Hall–Kier alpha value is -2.12. The van der Waals surface area contributed by atoms with Gasteiger partial charge in [0.05, 0.1) is 5.69 Å². The molecule has 0 amide bonds. The highest BCUT2D eigenvalue weighted by molar-refractivity contribution is 7.89. The molecular formula is C13H14FN3O2S. The highest BCUT2D eigenvalue weighted by Gasteiger charge is 2.12. The van der Waals surface area contributed by atoms with E-state index in [0.29, 0.717) is 11.4 Å². The monoisotopic (exact) mass is 295 g/mol. The van der Waals surface area contributed by atoms with Gasteiger partial charge in [-0.05, 0) is 48.9 Å². The lowest BCUT2D eigenvalue weighted by Gasteiger charge is -2.10. The summed E-state index contributed by atoms with van der Waals surface area (Å²) < 4.78 is 35.8. The van der Waals surface area contributed by atoms with Crippen molar-refractivity contribution in [3.63, 3.8) is 0 Å². The third kappa shape index (κ3) is 3.25. The van der Waals surface area contributed by atoms with Gasteiger partial charge in [-0.3, -0.25) is 0 Å². The summed E-state index contributed by atoms with van der Waals surface area (Å²) in [5, 5.41) is 7.97. The van der Waals surface area contributed by atoms with Gasteiger partial charge in [0.15, 0.2) is 0 Å². The van der Waals surface area contributed by atoms with E-state index in [4.69, 9.17) is 10.9 Å². The minimum Gasteiger partial charge on any atom is -0.398 e. The minimum atomic E-state index is -3.85. The van der Waals surface area contributed by atoms with Crippen LogP contribution < -0.4 is 16.2 Å². The summed E-state index contributed by atoms with van der Waals surface area (Å²) in [5.41, 5.74) is 7.53. The molecular weight excluding hydrogens is 281 g/mol. The Morgan fingerprint density at radius 1 is 1.10 bits per heavy atom. The zero-order valence-electron chi connectivity index (χ0n) is 10.7. The largest absolute Gasteiger partial charge is 0.398 e. The zero-order valence-corrected chi connectivity index (χ0v) is 11.5. The number of benzene rings is 2. The predicted molar refractivity (Wildman–Crippen MR) is 76.6 cm³/mol. The Bertz CT molecular complexity index is 740. The van der Waals surface area contributed by atoms with E-state index in [1.54, 1.807) is 13.0 Å². The van der Waals surface area contributed by atoms with E-state index in [9.17, 15) is 12.8 Å². The average Bonchev–Trinajstić information content (AvgIpc) is 2.25. The van der Waals surface area contributed by atoms with Crippen molar-refractivity contribution in [1.82, 2.24) is 0 Å². The van der Waals surface area contributed by atoms with Gasteiger partial charge in [-0.1, -0.05) is 0 Å². The van der Waals surface area contributed by atoms with Crippen molar-refractivity contribution >= 4 is 27.1 Å². The number of primary sulfonamides is 1. The minimum absolute atomic E-state index is 0.0330. The molecule has 0 heterocycles. The molecule has 0 saturated heterocycles. The van der Waals surface area contributed by atoms with Gasteiger partial charge in [0.2, 0.25) is 10.0 Å². The van der Waals surface area contributed by atoms with Crippen molar-refractivity contribution < 1.29 is 12.8 Å². The van der Waals surface area contributed by atoms with Crippen LogP contribution in [-0.4, -0.2) is 8.42 Å². The van der Waals surface area contributed by atoms with Crippen LogP contribution in [-0.2, 0) is 10.0 Å². The van der Waals surface area contributed by atoms with Crippen molar-refractivity contribution in [3.8, 4) is 0 Å². The molecule has 0 saturated carbocycles. The third-order valence-electron chi connectivity index (χ3n) is 2.65. The van der Waals surface area contributed by atoms with Crippen LogP contribution in [0.5, 0.6) is 0 Å². The number of rotatable bonds is 3. The lowest BCUT2D eigenvalue weighted by Crippen LogP contribution is -2.14. The van der Waals surface area contributed by atoms with Crippen molar-refractivity contribution in [3.05, 3.63) is 47.8 Å². The van der Waals surface area contributed by atoms with Gasteiger partial charge in [-0.2, -0.15) is 0 Å². The molecule has 0 aliphatic carbocycles. The topological polar surface area (TPSA) is 98.2 Å². The maximum atomic E-state index is 13.3. The molecule has 20 heavy (non-hydrogen) atoms. The second-order valence-corrected chi connectivity index (χ2v) is 5.97. The van der Waals surface area contributed by atoms with E-state index >= 15 is 0 Å². The molecule has 0 fully saturated rings. The fourth-order valence-corrected chi connectivity index (χ4v) is 2.51. The smallest absolute Gasteiger partial charge is 0.240 e. The maximum Gasteiger partial charge on any atom is 0.240 e. The van der Waals surface area contributed by atoms with Gasteiger partial charge in [0.1, 0.15) is 10.7 Å². The molecule has 5 nitrogen and oxygen atoms in total. The molecule has 0 aromatic heterocycles. The molecule has 0 atom stereocenters. The van der Waals surface area contributed by atoms with Crippen LogP contribution >= 0.6 is 0 Å². The van der Waals surface area contributed by atoms with Crippen LogP contribution in [0.1, 0.15) is 5.56 Å². The van der Waals surface area contributed by atoms with Crippen LogP contribution in [0.25, 0.3) is 0 Å². The summed E-state index contributed by atoms with van der Waals surface area (Å²) in [6.07, 6.45) is 0. The van der Waals surface area contributed by atoms with Crippen LogP contribution in [0.15, 0.2) is 41.3 Å². The first-order valence-electron chi connectivity index (χ1n) is 5.72.